The van der Waals surface area contributed by atoms with Crippen molar-refractivity contribution in [2.45, 2.75) is 12.3 Å². The number of nitrogens with two attached hydrogens (primary N) is 1. The Kier molecular flexibility index (Phi) is 4.00. The molecule has 6 N–H and O–H groups in total. The molecule has 8 heavy (non-hydrogen) atoms. The topological polar surface area (TPSA) is 115 Å². The minimum absolute atomic E-state index is 0. The fourth-order valence-electron chi connectivity index (χ4n) is 0. The molecule has 0 aliphatic rings. The van der Waals surface area contributed by atoms with Gasteiger partial charge in [0.25, 0.3) is 10.1 Å². The molecule has 0 aliphatic carbocycles. The van der Waals surface area contributed by atoms with Crippen LogP contribution < -0.4 is 11.9 Å². The average Bonchev–Trinajstić information content (AvgIpc) is 1.31. The minimum Gasteiger partial charge on any atom is -0.344 e. The van der Waals surface area contributed by atoms with Gasteiger partial charge in [0.05, 0.1) is 0 Å². The zero-order valence-corrected chi connectivity index (χ0v) is 5.35. The van der Waals surface area contributed by atoms with Crippen LogP contribution in [-0.2, 0) is 10.1 Å². The summed E-state index contributed by atoms with van der Waals surface area (Å²) in [5.41, 5.74) is 4.73. The first-order valence-corrected chi connectivity index (χ1v) is 3.17. The lowest BCUT2D eigenvalue weighted by molar-refractivity contribution is 0.471. The summed E-state index contributed by atoms with van der Waals surface area (Å²) in [4.78, 5) is 0. The van der Waals surface area contributed by atoms with E-state index in [1.807, 2.05) is 0 Å². The van der Waals surface area contributed by atoms with E-state index in [0.29, 0.717) is 0 Å². The van der Waals surface area contributed by atoms with E-state index in [1.54, 1.807) is 0 Å². The summed E-state index contributed by atoms with van der Waals surface area (Å²) in [6, 6.07) is 0. The lowest BCUT2D eigenvalue weighted by Gasteiger charge is -1.95. The average molecular weight is 142 g/mol. The van der Waals surface area contributed by atoms with Crippen LogP contribution in [0, 0.1) is 0 Å². The first kappa shape index (κ1) is 10.7. The summed E-state index contributed by atoms with van der Waals surface area (Å²) in [6.07, 6.45) is 0. The third kappa shape index (κ3) is 4.00. The summed E-state index contributed by atoms with van der Waals surface area (Å²) >= 11 is 0. The molecule has 0 spiro atoms. The maximum atomic E-state index is 9.76. The Balaban J connectivity index is 0. The monoisotopic (exact) mass is 142 g/mol. The molecule has 0 saturated heterocycles. The summed E-state index contributed by atoms with van der Waals surface area (Å²) in [6.45, 7) is 1.19. The quantitative estimate of drug-likeness (QED) is 0.420. The predicted molar refractivity (Wildman–Crippen MR) is 30.2 cm³/mol. The maximum absolute atomic E-state index is 9.76. The number of hydrogen-bond acceptors (Lipinski definition) is 4. The highest BCUT2D eigenvalue weighted by Crippen LogP contribution is 1.84. The number of hydrogen-bond donors (Lipinski definition) is 3. The van der Waals surface area contributed by atoms with Crippen molar-refractivity contribution >= 4 is 10.1 Å². The Morgan fingerprint density at radius 2 is 1.75 bits per heavy atom. The van der Waals surface area contributed by atoms with Gasteiger partial charge in [-0.2, -0.15) is 8.42 Å². The first-order valence-electron chi connectivity index (χ1n) is 1.66. The van der Waals surface area contributed by atoms with Gasteiger partial charge < -0.3 is 11.9 Å². The van der Waals surface area contributed by atoms with E-state index in [9.17, 15) is 8.42 Å². The van der Waals surface area contributed by atoms with Crippen LogP contribution in [0.1, 0.15) is 6.92 Å². The molecule has 0 aromatic heterocycles. The van der Waals surface area contributed by atoms with Crippen molar-refractivity contribution in [3.05, 3.63) is 0 Å². The third-order valence-corrected chi connectivity index (χ3v) is 1.41. The van der Waals surface area contributed by atoms with Gasteiger partial charge >= 0.3 is 0 Å². The molecule has 0 aliphatic heterocycles. The Morgan fingerprint density at radius 1 is 1.62 bits per heavy atom. The molecule has 6 heteroatoms. The molecule has 0 saturated carbocycles. The normalized spacial score (nSPS) is 14.4. The second-order valence-corrected chi connectivity index (χ2v) is 2.99. The molecule has 1 unspecified atom stereocenters. The zero-order valence-electron chi connectivity index (χ0n) is 4.53. The van der Waals surface area contributed by atoms with E-state index in [0.717, 1.165) is 0 Å². The van der Waals surface area contributed by atoms with Gasteiger partial charge in [-0.05, 0) is 6.92 Å². The lowest BCUT2D eigenvalue weighted by atomic mass is 10.8. The van der Waals surface area contributed by atoms with E-state index < -0.39 is 15.5 Å². The maximum Gasteiger partial charge on any atom is 0.280 e. The molecular formula is C2H10N2O3S. The van der Waals surface area contributed by atoms with Crippen LogP contribution in [-0.4, -0.2) is 18.3 Å². The minimum atomic E-state index is -3.96. The smallest absolute Gasteiger partial charge is 0.280 e. The molecule has 0 rings (SSSR count). The molecule has 1 atom stereocenters. The highest BCUT2D eigenvalue weighted by Gasteiger charge is 2.09. The van der Waals surface area contributed by atoms with Gasteiger partial charge in [-0.1, -0.05) is 0 Å². The van der Waals surface area contributed by atoms with Gasteiger partial charge in [0.15, 0.2) is 0 Å². The largest absolute Gasteiger partial charge is 0.344 e. The van der Waals surface area contributed by atoms with E-state index in [-0.39, 0.29) is 6.15 Å². The molecule has 0 bridgehead atoms. The summed E-state index contributed by atoms with van der Waals surface area (Å²) < 4.78 is 27.5. The molecule has 0 fully saturated rings. The van der Waals surface area contributed by atoms with Crippen molar-refractivity contribution in [3.63, 3.8) is 0 Å². The Labute approximate surface area is 48.2 Å². The van der Waals surface area contributed by atoms with Crippen LogP contribution in [0.4, 0.5) is 0 Å². The van der Waals surface area contributed by atoms with E-state index >= 15 is 0 Å². The van der Waals surface area contributed by atoms with Crippen molar-refractivity contribution in [3.8, 4) is 0 Å². The van der Waals surface area contributed by atoms with Crippen molar-refractivity contribution < 1.29 is 13.0 Å². The van der Waals surface area contributed by atoms with Crippen LogP contribution in [0.15, 0.2) is 0 Å². The van der Waals surface area contributed by atoms with Gasteiger partial charge in [0, 0.05) is 0 Å². The molecule has 5 nitrogen and oxygen atoms in total. The fraction of sp³-hybridized carbons (Fsp3) is 1.00. The van der Waals surface area contributed by atoms with Crippen molar-refractivity contribution in [1.82, 2.24) is 6.15 Å². The van der Waals surface area contributed by atoms with Crippen molar-refractivity contribution in [1.29, 1.82) is 0 Å². The van der Waals surface area contributed by atoms with E-state index in [2.05, 4.69) is 0 Å². The molecular weight excluding hydrogens is 132 g/mol. The Morgan fingerprint density at radius 3 is 1.75 bits per heavy atom. The summed E-state index contributed by atoms with van der Waals surface area (Å²) in [5.74, 6) is 0. The van der Waals surface area contributed by atoms with Crippen LogP contribution >= 0.6 is 0 Å². The second kappa shape index (κ2) is 2.98. The highest BCUT2D eigenvalue weighted by molar-refractivity contribution is 7.86. The van der Waals surface area contributed by atoms with Gasteiger partial charge in [-0.25, -0.2) is 0 Å². The Hall–Kier alpha value is -0.170. The standard InChI is InChI=1S/C2H7NO3S.H3N/c1-2(3)7(4,5)6;/h2H,3H2,1H3,(H,4,5,6);1H3. The first-order chi connectivity index (χ1) is 2.94. The van der Waals surface area contributed by atoms with Crippen LogP contribution in [0.2, 0.25) is 0 Å². The summed E-state index contributed by atoms with van der Waals surface area (Å²) in [5, 5.41) is -1.17. The molecule has 52 valence electrons. The van der Waals surface area contributed by atoms with E-state index in [4.69, 9.17) is 10.3 Å². The molecule has 0 heterocycles. The lowest BCUT2D eigenvalue weighted by Crippen LogP contribution is -2.25. The summed E-state index contributed by atoms with van der Waals surface area (Å²) in [7, 11) is -3.96. The molecule has 0 aromatic carbocycles. The molecule has 0 radical (unpaired) electrons. The highest BCUT2D eigenvalue weighted by atomic mass is 32.2. The SMILES string of the molecule is CC(N)S(=O)(=O)O.N. The van der Waals surface area contributed by atoms with Gasteiger partial charge in [0.1, 0.15) is 5.37 Å². The van der Waals surface area contributed by atoms with Gasteiger partial charge in [0.2, 0.25) is 0 Å². The Bertz CT molecular complexity index is 137. The number of rotatable bonds is 1. The van der Waals surface area contributed by atoms with Crippen LogP contribution in [0.3, 0.4) is 0 Å². The second-order valence-electron chi connectivity index (χ2n) is 1.22. The van der Waals surface area contributed by atoms with Crippen LogP contribution in [0.25, 0.3) is 0 Å². The van der Waals surface area contributed by atoms with Gasteiger partial charge in [-0.15, -0.1) is 0 Å². The van der Waals surface area contributed by atoms with Gasteiger partial charge in [-0.3, -0.25) is 4.55 Å². The van der Waals surface area contributed by atoms with Crippen molar-refractivity contribution in [2.24, 2.45) is 5.73 Å². The fourth-order valence-corrected chi connectivity index (χ4v) is 0. The molecule has 0 amide bonds. The third-order valence-electron chi connectivity index (χ3n) is 0.470. The molecule has 0 aromatic rings. The van der Waals surface area contributed by atoms with Crippen LogP contribution in [0.5, 0.6) is 0 Å². The van der Waals surface area contributed by atoms with Crippen molar-refractivity contribution in [2.75, 3.05) is 0 Å². The van der Waals surface area contributed by atoms with E-state index in [1.165, 1.54) is 6.92 Å². The zero-order chi connectivity index (χ0) is 6.08. The predicted octanol–water partition coefficient (Wildman–Crippen LogP) is -0.659.